The van der Waals surface area contributed by atoms with Crippen molar-refractivity contribution in [2.75, 3.05) is 26.2 Å². The molecule has 0 radical (unpaired) electrons. The summed E-state index contributed by atoms with van der Waals surface area (Å²) in [5, 5.41) is 10.4. The first-order chi connectivity index (χ1) is 12.6. The monoisotopic (exact) mass is 538 g/mol. The van der Waals surface area contributed by atoms with Crippen molar-refractivity contribution in [3.63, 3.8) is 0 Å². The second kappa shape index (κ2) is 10.6. The van der Waals surface area contributed by atoms with E-state index in [2.05, 4.69) is 20.7 Å². The fourth-order valence-corrected chi connectivity index (χ4v) is 3.78. The zero-order valence-electron chi connectivity index (χ0n) is 15.7. The largest absolute Gasteiger partial charge is 0.511 e. The smallest absolute Gasteiger partial charge is 0.357 e. The maximum Gasteiger partial charge on any atom is 0.511 e. The fraction of sp³-hybridized carbons (Fsp3) is 0.733. The van der Waals surface area contributed by atoms with Crippen molar-refractivity contribution in [2.45, 2.75) is 31.8 Å². The van der Waals surface area contributed by atoms with Crippen LogP contribution < -0.4 is 10.6 Å². The Hall–Kier alpha value is -1.09. The number of hydrogen-bond donors (Lipinski definition) is 2. The van der Waals surface area contributed by atoms with Crippen LogP contribution in [-0.4, -0.2) is 60.2 Å². The number of aryl methyl sites for hydroxylation is 1. The quantitative estimate of drug-likeness (QED) is 0.327. The van der Waals surface area contributed by atoms with Gasteiger partial charge in [0.1, 0.15) is 0 Å². The number of halogens is 4. The van der Waals surface area contributed by atoms with Crippen LogP contribution in [0.15, 0.2) is 17.3 Å². The molecule has 1 saturated heterocycles. The van der Waals surface area contributed by atoms with Gasteiger partial charge < -0.3 is 10.6 Å². The number of alkyl halides is 3. The van der Waals surface area contributed by atoms with Gasteiger partial charge in [0, 0.05) is 39.4 Å². The van der Waals surface area contributed by atoms with Crippen molar-refractivity contribution in [2.24, 2.45) is 18.0 Å². The fourth-order valence-electron chi connectivity index (χ4n) is 2.80. The Morgan fingerprint density at radius 3 is 2.46 bits per heavy atom. The maximum absolute atomic E-state index is 12.6. The summed E-state index contributed by atoms with van der Waals surface area (Å²) in [5.74, 6) is 0.675. The molecular weight excluding hydrogens is 512 g/mol. The molecule has 162 valence electrons. The molecule has 13 heteroatoms. The summed E-state index contributed by atoms with van der Waals surface area (Å²) in [7, 11) is -3.40. The van der Waals surface area contributed by atoms with Gasteiger partial charge in [0.2, 0.25) is 0 Å². The van der Waals surface area contributed by atoms with Crippen molar-refractivity contribution in [1.29, 1.82) is 0 Å². The minimum atomic E-state index is -5.24. The van der Waals surface area contributed by atoms with Crippen LogP contribution in [0.4, 0.5) is 13.2 Å². The third-order valence-electron chi connectivity index (χ3n) is 4.43. The van der Waals surface area contributed by atoms with Crippen LogP contribution >= 0.6 is 24.0 Å². The van der Waals surface area contributed by atoms with Crippen molar-refractivity contribution in [1.82, 2.24) is 24.7 Å². The lowest BCUT2D eigenvalue weighted by molar-refractivity contribution is -0.0496. The van der Waals surface area contributed by atoms with Crippen LogP contribution in [0.5, 0.6) is 0 Å². The summed E-state index contributed by atoms with van der Waals surface area (Å²) in [6, 6.07) is 1.86. The van der Waals surface area contributed by atoms with Gasteiger partial charge in [-0.25, -0.2) is 13.4 Å². The molecule has 0 saturated carbocycles. The van der Waals surface area contributed by atoms with E-state index in [4.69, 9.17) is 0 Å². The molecule has 0 spiro atoms. The molecule has 0 unspecified atom stereocenters. The Morgan fingerprint density at radius 1 is 1.32 bits per heavy atom. The Kier molecular flexibility index (Phi) is 9.46. The van der Waals surface area contributed by atoms with Gasteiger partial charge >= 0.3 is 15.5 Å². The number of guanidine groups is 1. The lowest BCUT2D eigenvalue weighted by Crippen LogP contribution is -2.47. The molecule has 1 fully saturated rings. The lowest BCUT2D eigenvalue weighted by Gasteiger charge is -2.31. The highest BCUT2D eigenvalue weighted by Gasteiger charge is 2.50. The highest BCUT2D eigenvalue weighted by molar-refractivity contribution is 14.0. The van der Waals surface area contributed by atoms with E-state index >= 15 is 0 Å². The molecule has 0 aliphatic carbocycles. The van der Waals surface area contributed by atoms with E-state index in [1.807, 2.05) is 20.0 Å². The van der Waals surface area contributed by atoms with E-state index in [0.717, 1.165) is 5.69 Å². The number of rotatable bonds is 6. The van der Waals surface area contributed by atoms with E-state index < -0.39 is 15.5 Å². The lowest BCUT2D eigenvalue weighted by atomic mass is 9.98. The van der Waals surface area contributed by atoms with E-state index in [0.29, 0.717) is 42.7 Å². The number of piperidine rings is 1. The van der Waals surface area contributed by atoms with E-state index in [9.17, 15) is 21.6 Å². The van der Waals surface area contributed by atoms with Crippen molar-refractivity contribution in [3.05, 3.63) is 18.0 Å². The van der Waals surface area contributed by atoms with Crippen molar-refractivity contribution in [3.8, 4) is 0 Å². The molecule has 0 atom stereocenters. The van der Waals surface area contributed by atoms with Crippen LogP contribution in [0.1, 0.15) is 25.5 Å². The molecular formula is C15H26F3IN6O2S. The van der Waals surface area contributed by atoms with Crippen LogP contribution in [0.3, 0.4) is 0 Å². The van der Waals surface area contributed by atoms with Gasteiger partial charge in [-0.3, -0.25) is 4.68 Å². The third-order valence-corrected chi connectivity index (χ3v) is 6.06. The number of aliphatic imine (C=N–C) groups is 1. The summed E-state index contributed by atoms with van der Waals surface area (Å²) in [5.41, 5.74) is -4.30. The molecule has 1 aromatic heterocycles. The molecule has 0 aromatic carbocycles. The van der Waals surface area contributed by atoms with Gasteiger partial charge in [0.05, 0.1) is 12.2 Å². The molecule has 0 bridgehead atoms. The van der Waals surface area contributed by atoms with Crippen LogP contribution in [0.25, 0.3) is 0 Å². The molecule has 1 aliphatic rings. The van der Waals surface area contributed by atoms with Crippen LogP contribution in [-0.2, 0) is 23.6 Å². The van der Waals surface area contributed by atoms with Gasteiger partial charge in [-0.05, 0) is 31.7 Å². The topological polar surface area (TPSA) is 91.6 Å². The number of nitrogens with zero attached hydrogens (tertiary/aromatic N) is 4. The van der Waals surface area contributed by atoms with Crippen LogP contribution in [0, 0.1) is 5.92 Å². The second-order valence-corrected chi connectivity index (χ2v) is 8.24. The van der Waals surface area contributed by atoms with E-state index in [1.165, 1.54) is 0 Å². The maximum atomic E-state index is 12.6. The molecule has 2 heterocycles. The molecule has 0 amide bonds. The minimum absolute atomic E-state index is 0. The summed E-state index contributed by atoms with van der Waals surface area (Å²) in [4.78, 5) is 4.47. The normalized spacial score (nSPS) is 17.2. The zero-order chi connectivity index (χ0) is 20.1. The number of hydrogen-bond acceptors (Lipinski definition) is 4. The Bertz CT molecular complexity index is 745. The molecule has 2 N–H and O–H groups in total. The SMILES string of the molecule is CCNC(=NCc1ccnn1C)NCC1CCN(S(=O)(=O)C(F)(F)F)CC1.I. The van der Waals surface area contributed by atoms with Crippen molar-refractivity contribution < 1.29 is 21.6 Å². The predicted octanol–water partition coefficient (Wildman–Crippen LogP) is 1.65. The summed E-state index contributed by atoms with van der Waals surface area (Å²) >= 11 is 0. The number of sulfonamides is 1. The van der Waals surface area contributed by atoms with Gasteiger partial charge in [0.25, 0.3) is 0 Å². The Morgan fingerprint density at radius 2 is 1.96 bits per heavy atom. The van der Waals surface area contributed by atoms with Gasteiger partial charge in [-0.15, -0.1) is 24.0 Å². The predicted molar refractivity (Wildman–Crippen MR) is 111 cm³/mol. The molecule has 1 aliphatic heterocycles. The highest BCUT2D eigenvalue weighted by atomic mass is 127. The first-order valence-corrected chi connectivity index (χ1v) is 10.1. The minimum Gasteiger partial charge on any atom is -0.357 e. The Labute approximate surface area is 180 Å². The van der Waals surface area contributed by atoms with Gasteiger partial charge in [-0.2, -0.15) is 22.6 Å². The standard InChI is InChI=1S/C15H25F3N6O2S.HI/c1-3-19-14(21-11-13-4-7-22-23(13)2)20-10-12-5-8-24(9-6-12)27(25,26)15(16,17)18;/h4,7,12H,3,5-6,8-11H2,1-2H3,(H2,19,20,21);1H. The summed E-state index contributed by atoms with van der Waals surface area (Å²) < 4.78 is 63.0. The Balaban J connectivity index is 0.00000392. The van der Waals surface area contributed by atoms with Gasteiger partial charge in [0.15, 0.2) is 5.96 Å². The molecule has 28 heavy (non-hydrogen) atoms. The number of nitrogens with one attached hydrogen (secondary N) is 2. The van der Waals surface area contributed by atoms with E-state index in [1.54, 1.807) is 10.9 Å². The third kappa shape index (κ3) is 6.47. The molecule has 1 aromatic rings. The first kappa shape index (κ1) is 24.9. The zero-order valence-corrected chi connectivity index (χ0v) is 18.9. The van der Waals surface area contributed by atoms with E-state index in [-0.39, 0.29) is 43.0 Å². The molecule has 2 rings (SSSR count). The van der Waals surface area contributed by atoms with Gasteiger partial charge in [-0.1, -0.05) is 0 Å². The average Bonchev–Trinajstić information content (AvgIpc) is 3.02. The van der Waals surface area contributed by atoms with Crippen LogP contribution in [0.2, 0.25) is 0 Å². The summed E-state index contributed by atoms with van der Waals surface area (Å²) in [6.45, 7) is 3.29. The second-order valence-electron chi connectivity index (χ2n) is 6.32. The average molecular weight is 538 g/mol. The summed E-state index contributed by atoms with van der Waals surface area (Å²) in [6.07, 6.45) is 2.42. The highest BCUT2D eigenvalue weighted by Crippen LogP contribution is 2.30. The first-order valence-electron chi connectivity index (χ1n) is 8.70. The molecule has 8 nitrogen and oxygen atoms in total. The van der Waals surface area contributed by atoms with Crippen molar-refractivity contribution >= 4 is 40.0 Å². The number of aromatic nitrogens is 2.